The number of benzene rings is 1. The van der Waals surface area contributed by atoms with Gasteiger partial charge < -0.3 is 25.0 Å². The molecule has 0 radical (unpaired) electrons. The lowest BCUT2D eigenvalue weighted by Crippen LogP contribution is -2.44. The Morgan fingerprint density at radius 2 is 2.00 bits per heavy atom. The Bertz CT molecular complexity index is 558. The highest BCUT2D eigenvalue weighted by Crippen LogP contribution is 2.30. The van der Waals surface area contributed by atoms with Gasteiger partial charge in [-0.25, -0.2) is 4.99 Å². The van der Waals surface area contributed by atoms with Gasteiger partial charge in [-0.3, -0.25) is 0 Å². The average molecular weight is 460 g/mol. The Labute approximate surface area is 167 Å². The zero-order valence-corrected chi connectivity index (χ0v) is 17.6. The van der Waals surface area contributed by atoms with Crippen molar-refractivity contribution in [3.8, 4) is 11.5 Å². The molecule has 25 heavy (non-hydrogen) atoms. The smallest absolute Gasteiger partial charge is 0.191 e. The second-order valence-corrected chi connectivity index (χ2v) is 5.66. The van der Waals surface area contributed by atoms with Crippen molar-refractivity contribution >= 4 is 35.6 Å². The van der Waals surface area contributed by atoms with Crippen molar-refractivity contribution in [3.63, 3.8) is 0 Å². The first-order valence-electron chi connectivity index (χ1n) is 8.34. The molecular weight excluding hydrogens is 431 g/mol. The van der Waals surface area contributed by atoms with Crippen molar-refractivity contribution in [2.45, 2.75) is 19.4 Å². The van der Waals surface area contributed by atoms with Crippen molar-refractivity contribution in [1.82, 2.24) is 10.6 Å². The Kier molecular flexibility index (Phi) is 9.48. The zero-order valence-electron chi connectivity index (χ0n) is 15.2. The van der Waals surface area contributed by atoms with Gasteiger partial charge in [0.05, 0.1) is 20.8 Å². The number of anilines is 1. The lowest BCUT2D eigenvalue weighted by atomic mass is 10.2. The molecule has 0 saturated carbocycles. The van der Waals surface area contributed by atoms with E-state index in [0.29, 0.717) is 12.6 Å². The molecule has 1 aromatic carbocycles. The number of rotatable bonds is 7. The first-order chi connectivity index (χ1) is 11.7. The third-order valence-corrected chi connectivity index (χ3v) is 3.95. The highest BCUT2D eigenvalue weighted by Gasteiger charge is 2.24. The lowest BCUT2D eigenvalue weighted by molar-refractivity contribution is 0.394. The summed E-state index contributed by atoms with van der Waals surface area (Å²) in [6, 6.07) is 6.33. The summed E-state index contributed by atoms with van der Waals surface area (Å²) >= 11 is 0. The van der Waals surface area contributed by atoms with Crippen LogP contribution < -0.4 is 25.0 Å². The quantitative estimate of drug-likeness (QED) is 0.284. The number of nitrogens with one attached hydrogen (secondary N) is 2. The number of halogens is 1. The van der Waals surface area contributed by atoms with Crippen molar-refractivity contribution in [2.75, 3.05) is 45.3 Å². The number of methoxy groups -OCH3 is 2. The van der Waals surface area contributed by atoms with E-state index < -0.39 is 0 Å². The molecule has 2 rings (SSSR count). The Balaban J connectivity index is 0.00000312. The van der Waals surface area contributed by atoms with E-state index in [2.05, 4.69) is 34.0 Å². The van der Waals surface area contributed by atoms with Gasteiger partial charge in [-0.15, -0.1) is 30.6 Å². The van der Waals surface area contributed by atoms with E-state index in [1.165, 1.54) is 0 Å². The number of ether oxygens (including phenoxy) is 2. The summed E-state index contributed by atoms with van der Waals surface area (Å²) < 4.78 is 10.7. The van der Waals surface area contributed by atoms with Gasteiger partial charge in [0.1, 0.15) is 11.5 Å². The van der Waals surface area contributed by atoms with Crippen LogP contribution in [0.5, 0.6) is 11.5 Å². The molecule has 1 atom stereocenters. The highest BCUT2D eigenvalue weighted by molar-refractivity contribution is 14.0. The molecule has 0 amide bonds. The van der Waals surface area contributed by atoms with Crippen LogP contribution in [0, 0.1) is 0 Å². The molecule has 1 heterocycles. The van der Waals surface area contributed by atoms with E-state index in [1.807, 2.05) is 18.2 Å². The van der Waals surface area contributed by atoms with Crippen molar-refractivity contribution < 1.29 is 9.47 Å². The van der Waals surface area contributed by atoms with Crippen LogP contribution in [0.2, 0.25) is 0 Å². The second kappa shape index (κ2) is 11.1. The Hall–Kier alpha value is -1.64. The molecule has 6 nitrogen and oxygen atoms in total. The summed E-state index contributed by atoms with van der Waals surface area (Å²) in [4.78, 5) is 6.80. The molecule has 0 aromatic heterocycles. The maximum absolute atomic E-state index is 5.36. The molecule has 1 fully saturated rings. The van der Waals surface area contributed by atoms with Crippen LogP contribution in [0.4, 0.5) is 5.69 Å². The van der Waals surface area contributed by atoms with Crippen molar-refractivity contribution in [1.29, 1.82) is 0 Å². The number of nitrogens with zero attached hydrogens (tertiary/aromatic N) is 2. The highest BCUT2D eigenvalue weighted by atomic mass is 127. The minimum Gasteiger partial charge on any atom is -0.497 e. The molecule has 0 bridgehead atoms. The third kappa shape index (κ3) is 6.30. The molecule has 140 valence electrons. The summed E-state index contributed by atoms with van der Waals surface area (Å²) in [7, 11) is 3.34. The van der Waals surface area contributed by atoms with Gasteiger partial charge in [-0.05, 0) is 13.3 Å². The fourth-order valence-corrected chi connectivity index (χ4v) is 2.76. The van der Waals surface area contributed by atoms with Crippen LogP contribution in [0.25, 0.3) is 0 Å². The summed E-state index contributed by atoms with van der Waals surface area (Å²) in [6.07, 6.45) is 2.85. The van der Waals surface area contributed by atoms with Crippen LogP contribution >= 0.6 is 24.0 Å². The van der Waals surface area contributed by atoms with Gasteiger partial charge in [0.15, 0.2) is 5.96 Å². The first-order valence-corrected chi connectivity index (χ1v) is 8.34. The predicted octanol–water partition coefficient (Wildman–Crippen LogP) is 2.64. The summed E-state index contributed by atoms with van der Waals surface area (Å²) in [6.45, 7) is 9.12. The fraction of sp³-hybridized carbons (Fsp3) is 0.500. The fourth-order valence-electron chi connectivity index (χ4n) is 2.76. The SMILES string of the molecule is C=CCN=C(NCC)NC1CCN(c2cc(OC)cc(OC)c2)C1.I. The topological polar surface area (TPSA) is 58.1 Å². The third-order valence-electron chi connectivity index (χ3n) is 3.95. The van der Waals surface area contributed by atoms with Gasteiger partial charge in [-0.2, -0.15) is 0 Å². The number of guanidine groups is 1. The summed E-state index contributed by atoms with van der Waals surface area (Å²) in [5.74, 6) is 2.45. The largest absolute Gasteiger partial charge is 0.497 e. The maximum atomic E-state index is 5.36. The van der Waals surface area contributed by atoms with Crippen LogP contribution in [0.15, 0.2) is 35.8 Å². The molecule has 1 saturated heterocycles. The molecular formula is C18H29IN4O2. The van der Waals surface area contributed by atoms with Crippen LogP contribution in [-0.4, -0.2) is 52.4 Å². The minimum atomic E-state index is 0. The van der Waals surface area contributed by atoms with Gasteiger partial charge in [0.25, 0.3) is 0 Å². The Morgan fingerprint density at radius 3 is 2.56 bits per heavy atom. The lowest BCUT2D eigenvalue weighted by Gasteiger charge is -2.21. The molecule has 7 heteroatoms. The van der Waals surface area contributed by atoms with Gasteiger partial charge in [0, 0.05) is 49.6 Å². The minimum absolute atomic E-state index is 0. The van der Waals surface area contributed by atoms with Gasteiger partial charge >= 0.3 is 0 Å². The Morgan fingerprint density at radius 1 is 1.32 bits per heavy atom. The molecule has 0 aliphatic carbocycles. The monoisotopic (exact) mass is 460 g/mol. The molecule has 1 unspecified atom stereocenters. The zero-order chi connectivity index (χ0) is 17.4. The molecule has 0 spiro atoms. The van der Waals surface area contributed by atoms with E-state index in [4.69, 9.17) is 9.47 Å². The van der Waals surface area contributed by atoms with E-state index >= 15 is 0 Å². The average Bonchev–Trinajstić information content (AvgIpc) is 3.08. The summed E-state index contributed by atoms with van der Waals surface area (Å²) in [5.41, 5.74) is 1.11. The van der Waals surface area contributed by atoms with Crippen LogP contribution in [-0.2, 0) is 0 Å². The number of aliphatic imine (C=N–C) groups is 1. The summed E-state index contributed by atoms with van der Waals surface area (Å²) in [5, 5.41) is 6.76. The number of hydrogen-bond acceptors (Lipinski definition) is 4. The molecule has 1 aromatic rings. The molecule has 1 aliphatic rings. The molecule has 2 N–H and O–H groups in total. The predicted molar refractivity (Wildman–Crippen MR) is 115 cm³/mol. The van der Waals surface area contributed by atoms with E-state index in [9.17, 15) is 0 Å². The van der Waals surface area contributed by atoms with Gasteiger partial charge in [0.2, 0.25) is 0 Å². The normalized spacial score (nSPS) is 16.8. The first kappa shape index (κ1) is 21.4. The molecule has 1 aliphatic heterocycles. The van der Waals surface area contributed by atoms with E-state index in [-0.39, 0.29) is 24.0 Å². The van der Waals surface area contributed by atoms with E-state index in [0.717, 1.165) is 49.2 Å². The maximum Gasteiger partial charge on any atom is 0.191 e. The van der Waals surface area contributed by atoms with E-state index in [1.54, 1.807) is 20.3 Å². The van der Waals surface area contributed by atoms with Crippen molar-refractivity contribution in [3.05, 3.63) is 30.9 Å². The number of hydrogen-bond donors (Lipinski definition) is 2. The second-order valence-electron chi connectivity index (χ2n) is 5.66. The van der Waals surface area contributed by atoms with Crippen LogP contribution in [0.3, 0.4) is 0 Å². The standard InChI is InChI=1S/C18H28N4O2.HI/c1-5-8-20-18(19-6-2)21-14-7-9-22(13-14)15-10-16(23-3)12-17(11-15)24-4;/h5,10-12,14H,1,6-9,13H2,2-4H3,(H2,19,20,21);1H. The van der Waals surface area contributed by atoms with Crippen molar-refractivity contribution in [2.24, 2.45) is 4.99 Å². The van der Waals surface area contributed by atoms with Crippen LogP contribution in [0.1, 0.15) is 13.3 Å². The van der Waals surface area contributed by atoms with Gasteiger partial charge in [-0.1, -0.05) is 6.08 Å².